The third-order valence-corrected chi connectivity index (χ3v) is 5.01. The Morgan fingerprint density at radius 1 is 1.10 bits per heavy atom. The molecule has 0 unspecified atom stereocenters. The Balaban J connectivity index is 1.76. The number of rotatable bonds is 2. The maximum atomic E-state index is 12.4. The van der Waals surface area contributed by atoms with Gasteiger partial charge < -0.3 is 4.90 Å². The Bertz CT molecular complexity index is 544. The summed E-state index contributed by atoms with van der Waals surface area (Å²) in [7, 11) is 0. The molecular weight excluding hydrogens is 250 g/mol. The second-order valence-electron chi connectivity index (χ2n) is 6.22. The van der Waals surface area contributed by atoms with E-state index < -0.39 is 0 Å². The number of amides is 1. The number of ketones is 1. The monoisotopic (exact) mass is 271 g/mol. The fourth-order valence-electron chi connectivity index (χ4n) is 3.61. The van der Waals surface area contributed by atoms with Crippen LogP contribution in [0.1, 0.15) is 43.2 Å². The van der Waals surface area contributed by atoms with Gasteiger partial charge >= 0.3 is 0 Å². The number of Topliss-reactive ketones (excluding diaryl/α,β-unsaturated/α-hetero) is 1. The van der Waals surface area contributed by atoms with Crippen molar-refractivity contribution < 1.29 is 9.59 Å². The van der Waals surface area contributed by atoms with Gasteiger partial charge in [0.2, 0.25) is 5.78 Å². The van der Waals surface area contributed by atoms with Crippen molar-refractivity contribution in [3.8, 4) is 0 Å². The summed E-state index contributed by atoms with van der Waals surface area (Å²) >= 11 is 0. The van der Waals surface area contributed by atoms with Gasteiger partial charge in [0.15, 0.2) is 0 Å². The van der Waals surface area contributed by atoms with Gasteiger partial charge in [0.25, 0.3) is 5.91 Å². The molecule has 2 fully saturated rings. The standard InChI is InChI=1S/C17H21NO2/c1-13-6-2-3-7-14(13)12-18-11-10-17(8-4-5-9-17)15(19)16(18)20/h2-3,6-7H,4-5,8-12H2,1H3. The van der Waals surface area contributed by atoms with E-state index in [4.69, 9.17) is 0 Å². The normalized spacial score (nSPS) is 21.8. The van der Waals surface area contributed by atoms with Gasteiger partial charge in [0.05, 0.1) is 0 Å². The zero-order chi connectivity index (χ0) is 14.2. The minimum atomic E-state index is -0.306. The Morgan fingerprint density at radius 3 is 2.50 bits per heavy atom. The Hall–Kier alpha value is -1.64. The van der Waals surface area contributed by atoms with Crippen LogP contribution in [0.15, 0.2) is 24.3 Å². The quantitative estimate of drug-likeness (QED) is 0.776. The highest BCUT2D eigenvalue weighted by molar-refractivity contribution is 6.38. The van der Waals surface area contributed by atoms with Crippen LogP contribution in [0.2, 0.25) is 0 Å². The molecule has 1 amide bonds. The highest BCUT2D eigenvalue weighted by Gasteiger charge is 2.48. The molecule has 1 aromatic rings. The minimum Gasteiger partial charge on any atom is -0.332 e. The van der Waals surface area contributed by atoms with Gasteiger partial charge in [-0.3, -0.25) is 9.59 Å². The van der Waals surface area contributed by atoms with Gasteiger partial charge in [-0.2, -0.15) is 0 Å². The third-order valence-electron chi connectivity index (χ3n) is 5.01. The predicted molar refractivity (Wildman–Crippen MR) is 77.1 cm³/mol. The molecule has 0 radical (unpaired) electrons. The van der Waals surface area contributed by atoms with Crippen molar-refractivity contribution in [2.75, 3.05) is 6.54 Å². The van der Waals surface area contributed by atoms with E-state index in [9.17, 15) is 9.59 Å². The van der Waals surface area contributed by atoms with E-state index in [-0.39, 0.29) is 17.1 Å². The molecule has 3 heteroatoms. The molecular formula is C17H21NO2. The molecule has 0 aromatic heterocycles. The lowest BCUT2D eigenvalue weighted by Crippen LogP contribution is -2.50. The molecule has 1 aliphatic carbocycles. The first-order valence-electron chi connectivity index (χ1n) is 7.51. The van der Waals surface area contributed by atoms with Crippen LogP contribution in [-0.4, -0.2) is 23.1 Å². The van der Waals surface area contributed by atoms with E-state index >= 15 is 0 Å². The highest BCUT2D eigenvalue weighted by atomic mass is 16.2. The first kappa shape index (κ1) is 13.3. The summed E-state index contributed by atoms with van der Waals surface area (Å²) in [5.41, 5.74) is 2.00. The second kappa shape index (κ2) is 5.04. The topological polar surface area (TPSA) is 37.4 Å². The summed E-state index contributed by atoms with van der Waals surface area (Å²) in [6, 6.07) is 8.06. The number of benzene rings is 1. The molecule has 1 saturated heterocycles. The number of hydrogen-bond donors (Lipinski definition) is 0. The molecule has 106 valence electrons. The summed E-state index contributed by atoms with van der Waals surface area (Å²) in [6.07, 6.45) is 4.86. The lowest BCUT2D eigenvalue weighted by Gasteiger charge is -2.37. The Morgan fingerprint density at radius 2 is 1.80 bits per heavy atom. The molecule has 0 N–H and O–H groups in total. The van der Waals surface area contributed by atoms with Crippen molar-refractivity contribution in [2.24, 2.45) is 5.41 Å². The molecule has 0 atom stereocenters. The average molecular weight is 271 g/mol. The summed E-state index contributed by atoms with van der Waals surface area (Å²) in [5, 5.41) is 0. The zero-order valence-corrected chi connectivity index (χ0v) is 12.0. The van der Waals surface area contributed by atoms with Crippen molar-refractivity contribution >= 4 is 11.7 Å². The van der Waals surface area contributed by atoms with Gasteiger partial charge in [0.1, 0.15) is 0 Å². The minimum absolute atomic E-state index is 0.130. The molecule has 0 bridgehead atoms. The van der Waals surface area contributed by atoms with Crippen LogP contribution in [0.5, 0.6) is 0 Å². The van der Waals surface area contributed by atoms with E-state index in [1.54, 1.807) is 4.90 Å². The number of likely N-dealkylation sites (tertiary alicyclic amines) is 1. The lowest BCUT2D eigenvalue weighted by atomic mass is 9.75. The second-order valence-corrected chi connectivity index (χ2v) is 6.22. The summed E-state index contributed by atoms with van der Waals surface area (Å²) in [4.78, 5) is 26.6. The first-order chi connectivity index (χ1) is 9.62. The molecule has 3 rings (SSSR count). The van der Waals surface area contributed by atoms with Crippen LogP contribution in [0, 0.1) is 12.3 Å². The van der Waals surface area contributed by atoms with Crippen LogP contribution in [-0.2, 0) is 16.1 Å². The number of nitrogens with zero attached hydrogens (tertiary/aromatic N) is 1. The average Bonchev–Trinajstić information content (AvgIpc) is 2.92. The van der Waals surface area contributed by atoms with Crippen LogP contribution < -0.4 is 0 Å². The summed E-state index contributed by atoms with van der Waals surface area (Å²) in [6.45, 7) is 3.33. The van der Waals surface area contributed by atoms with Crippen molar-refractivity contribution in [1.82, 2.24) is 4.90 Å². The molecule has 1 saturated carbocycles. The van der Waals surface area contributed by atoms with Gasteiger partial charge in [-0.15, -0.1) is 0 Å². The number of carbonyl (C=O) groups is 2. The molecule has 3 nitrogen and oxygen atoms in total. The van der Waals surface area contributed by atoms with Crippen LogP contribution >= 0.6 is 0 Å². The number of hydrogen-bond acceptors (Lipinski definition) is 2. The predicted octanol–water partition coefficient (Wildman–Crippen LogP) is 2.86. The SMILES string of the molecule is Cc1ccccc1CN1CCC2(CCCC2)C(=O)C1=O. The van der Waals surface area contributed by atoms with Gasteiger partial charge in [-0.25, -0.2) is 0 Å². The highest BCUT2D eigenvalue weighted by Crippen LogP contribution is 2.44. The van der Waals surface area contributed by atoms with Crippen molar-refractivity contribution in [3.63, 3.8) is 0 Å². The van der Waals surface area contributed by atoms with E-state index in [1.807, 2.05) is 31.2 Å². The van der Waals surface area contributed by atoms with Gasteiger partial charge in [0, 0.05) is 18.5 Å². The number of carbonyl (C=O) groups excluding carboxylic acids is 2. The lowest BCUT2D eigenvalue weighted by molar-refractivity contribution is -0.155. The van der Waals surface area contributed by atoms with Crippen molar-refractivity contribution in [2.45, 2.75) is 45.6 Å². The van der Waals surface area contributed by atoms with Gasteiger partial charge in [-0.1, -0.05) is 37.1 Å². The maximum absolute atomic E-state index is 12.4. The van der Waals surface area contributed by atoms with Crippen molar-refractivity contribution in [3.05, 3.63) is 35.4 Å². The fraction of sp³-hybridized carbons (Fsp3) is 0.529. The third kappa shape index (κ3) is 2.15. The molecule has 20 heavy (non-hydrogen) atoms. The summed E-state index contributed by atoms with van der Waals surface area (Å²) in [5.74, 6) is -0.392. The molecule has 2 aliphatic rings. The first-order valence-corrected chi connectivity index (χ1v) is 7.51. The van der Waals surface area contributed by atoms with E-state index in [2.05, 4.69) is 0 Å². The van der Waals surface area contributed by atoms with E-state index in [0.29, 0.717) is 6.54 Å². The maximum Gasteiger partial charge on any atom is 0.290 e. The number of aryl methyl sites for hydroxylation is 1. The van der Waals surface area contributed by atoms with Crippen LogP contribution in [0.25, 0.3) is 0 Å². The van der Waals surface area contributed by atoms with Crippen LogP contribution in [0.3, 0.4) is 0 Å². The smallest absolute Gasteiger partial charge is 0.290 e. The van der Waals surface area contributed by atoms with Crippen molar-refractivity contribution in [1.29, 1.82) is 0 Å². The number of piperidine rings is 1. The molecule has 1 aromatic carbocycles. The Kier molecular flexibility index (Phi) is 3.36. The largest absolute Gasteiger partial charge is 0.332 e. The molecule has 1 aliphatic heterocycles. The Labute approximate surface area is 120 Å². The molecule has 1 heterocycles. The van der Waals surface area contributed by atoms with Crippen LogP contribution in [0.4, 0.5) is 0 Å². The van der Waals surface area contributed by atoms with E-state index in [1.165, 1.54) is 5.56 Å². The molecule has 1 spiro atoms. The zero-order valence-electron chi connectivity index (χ0n) is 12.0. The fourth-order valence-corrected chi connectivity index (χ4v) is 3.61. The summed E-state index contributed by atoms with van der Waals surface area (Å²) < 4.78 is 0. The van der Waals surface area contributed by atoms with E-state index in [0.717, 1.165) is 44.2 Å². The van der Waals surface area contributed by atoms with Gasteiger partial charge in [-0.05, 0) is 37.3 Å².